The van der Waals surface area contributed by atoms with Crippen LogP contribution in [0.1, 0.15) is 19.8 Å². The lowest BCUT2D eigenvalue weighted by Crippen LogP contribution is -2.34. The molecule has 0 bridgehead atoms. The Morgan fingerprint density at radius 3 is 2.25 bits per heavy atom. The van der Waals surface area contributed by atoms with Gasteiger partial charge in [-0.25, -0.2) is 12.7 Å². The number of nitrogens with zero attached hydrogens (tertiary/aromatic N) is 1. The van der Waals surface area contributed by atoms with Gasteiger partial charge in [-0.05, 0) is 6.42 Å². The highest BCUT2D eigenvalue weighted by atomic mass is 79.9. The van der Waals surface area contributed by atoms with Crippen molar-refractivity contribution in [3.63, 3.8) is 0 Å². The lowest BCUT2D eigenvalue weighted by Gasteiger charge is -2.19. The van der Waals surface area contributed by atoms with E-state index in [0.717, 1.165) is 0 Å². The first-order valence-electron chi connectivity index (χ1n) is 4.83. The lowest BCUT2D eigenvalue weighted by molar-refractivity contribution is -0.134. The molecule has 0 aliphatic heterocycles. The molecule has 0 unspecified atom stereocenters. The standard InChI is InChI=1S/C8H15BrF3NO2S/c1-2-13(6-5-9)16(14,15)7-3-4-8(10,11)12/h2-7H2,1H3. The van der Waals surface area contributed by atoms with Gasteiger partial charge in [-0.1, -0.05) is 22.9 Å². The van der Waals surface area contributed by atoms with E-state index in [1.54, 1.807) is 6.92 Å². The normalized spacial score (nSPS) is 13.4. The fraction of sp³-hybridized carbons (Fsp3) is 1.00. The molecular formula is C8H15BrF3NO2S. The minimum atomic E-state index is -4.29. The third kappa shape index (κ3) is 6.70. The molecule has 0 heterocycles. The third-order valence-electron chi connectivity index (χ3n) is 1.94. The number of hydrogen-bond donors (Lipinski definition) is 0. The highest BCUT2D eigenvalue weighted by molar-refractivity contribution is 9.09. The van der Waals surface area contributed by atoms with E-state index in [0.29, 0.717) is 5.33 Å². The van der Waals surface area contributed by atoms with Crippen LogP contribution in [0.5, 0.6) is 0 Å². The van der Waals surface area contributed by atoms with Crippen LogP contribution >= 0.6 is 15.9 Å². The van der Waals surface area contributed by atoms with Crippen molar-refractivity contribution in [1.29, 1.82) is 0 Å². The fourth-order valence-corrected chi connectivity index (χ4v) is 3.37. The SMILES string of the molecule is CCN(CCBr)S(=O)(=O)CCCC(F)(F)F. The first-order valence-corrected chi connectivity index (χ1v) is 7.56. The molecule has 0 aliphatic carbocycles. The van der Waals surface area contributed by atoms with Crippen LogP contribution in [-0.2, 0) is 10.0 Å². The summed E-state index contributed by atoms with van der Waals surface area (Å²) in [5.41, 5.74) is 0. The van der Waals surface area contributed by atoms with E-state index in [9.17, 15) is 21.6 Å². The lowest BCUT2D eigenvalue weighted by atomic mass is 10.3. The van der Waals surface area contributed by atoms with E-state index in [1.165, 1.54) is 4.31 Å². The molecule has 0 fully saturated rings. The quantitative estimate of drug-likeness (QED) is 0.674. The Labute approximate surface area is 102 Å². The van der Waals surface area contributed by atoms with E-state index in [4.69, 9.17) is 0 Å². The van der Waals surface area contributed by atoms with Crippen LogP contribution in [0.15, 0.2) is 0 Å². The summed E-state index contributed by atoms with van der Waals surface area (Å²) >= 11 is 3.10. The van der Waals surface area contributed by atoms with Crippen molar-refractivity contribution in [3.05, 3.63) is 0 Å². The summed E-state index contributed by atoms with van der Waals surface area (Å²) in [6.45, 7) is 2.22. The van der Waals surface area contributed by atoms with Crippen molar-refractivity contribution in [1.82, 2.24) is 4.31 Å². The molecule has 8 heteroatoms. The second kappa shape index (κ2) is 6.80. The van der Waals surface area contributed by atoms with Crippen LogP contribution in [0, 0.1) is 0 Å². The van der Waals surface area contributed by atoms with E-state index in [1.807, 2.05) is 0 Å². The number of hydrogen-bond acceptors (Lipinski definition) is 2. The van der Waals surface area contributed by atoms with Crippen molar-refractivity contribution in [3.8, 4) is 0 Å². The van der Waals surface area contributed by atoms with Gasteiger partial charge in [-0.15, -0.1) is 0 Å². The van der Waals surface area contributed by atoms with Crippen LogP contribution in [0.25, 0.3) is 0 Å². The molecule has 0 amide bonds. The molecule has 0 aliphatic rings. The zero-order valence-electron chi connectivity index (χ0n) is 8.93. The van der Waals surface area contributed by atoms with Crippen molar-refractivity contribution in [2.24, 2.45) is 0 Å². The van der Waals surface area contributed by atoms with Crippen LogP contribution in [0.4, 0.5) is 13.2 Å². The summed E-state index contributed by atoms with van der Waals surface area (Å²) < 4.78 is 59.9. The monoisotopic (exact) mass is 325 g/mol. The second-order valence-corrected chi connectivity index (χ2v) is 6.10. The minimum Gasteiger partial charge on any atom is -0.212 e. The summed E-state index contributed by atoms with van der Waals surface area (Å²) in [5, 5.41) is 0.472. The predicted molar refractivity (Wildman–Crippen MR) is 60.1 cm³/mol. The third-order valence-corrected chi connectivity index (χ3v) is 4.33. The van der Waals surface area contributed by atoms with Gasteiger partial charge >= 0.3 is 6.18 Å². The Morgan fingerprint density at radius 1 is 1.31 bits per heavy atom. The number of rotatable bonds is 7. The number of halogens is 4. The molecular weight excluding hydrogens is 311 g/mol. The fourth-order valence-electron chi connectivity index (χ4n) is 1.17. The molecule has 16 heavy (non-hydrogen) atoms. The average Bonchev–Trinajstić information content (AvgIpc) is 2.11. The highest BCUT2D eigenvalue weighted by Crippen LogP contribution is 2.22. The molecule has 0 radical (unpaired) electrons. The van der Waals surface area contributed by atoms with E-state index >= 15 is 0 Å². The topological polar surface area (TPSA) is 37.4 Å². The van der Waals surface area contributed by atoms with Crippen LogP contribution in [-0.4, -0.2) is 43.1 Å². The zero-order valence-corrected chi connectivity index (χ0v) is 11.3. The van der Waals surface area contributed by atoms with Gasteiger partial charge in [0.25, 0.3) is 0 Å². The Hall–Kier alpha value is 0.180. The predicted octanol–water partition coefficient (Wildman–Crippen LogP) is 2.38. The summed E-state index contributed by atoms with van der Waals surface area (Å²) in [4.78, 5) is 0. The van der Waals surface area contributed by atoms with Gasteiger partial charge in [0.1, 0.15) is 0 Å². The van der Waals surface area contributed by atoms with E-state index in [-0.39, 0.29) is 19.5 Å². The van der Waals surface area contributed by atoms with Crippen LogP contribution < -0.4 is 0 Å². The maximum absolute atomic E-state index is 11.8. The molecule has 0 saturated carbocycles. The van der Waals surface area contributed by atoms with Crippen molar-refractivity contribution in [2.45, 2.75) is 25.9 Å². The van der Waals surface area contributed by atoms with Gasteiger partial charge in [0, 0.05) is 24.8 Å². The molecule has 0 N–H and O–H groups in total. The Morgan fingerprint density at radius 2 is 1.88 bits per heavy atom. The van der Waals surface area contributed by atoms with Gasteiger partial charge < -0.3 is 0 Å². The van der Waals surface area contributed by atoms with E-state index in [2.05, 4.69) is 15.9 Å². The molecule has 0 aromatic rings. The molecule has 98 valence electrons. The second-order valence-electron chi connectivity index (χ2n) is 3.22. The number of alkyl halides is 4. The van der Waals surface area contributed by atoms with Crippen molar-refractivity contribution < 1.29 is 21.6 Å². The van der Waals surface area contributed by atoms with Gasteiger partial charge in [0.15, 0.2) is 0 Å². The summed E-state index contributed by atoms with van der Waals surface area (Å²) in [6, 6.07) is 0. The molecule has 0 rings (SSSR count). The van der Waals surface area contributed by atoms with Gasteiger partial charge in [-0.3, -0.25) is 0 Å². The highest BCUT2D eigenvalue weighted by Gasteiger charge is 2.28. The molecule has 0 saturated heterocycles. The Bertz CT molecular complexity index is 292. The summed E-state index contributed by atoms with van der Waals surface area (Å²) in [7, 11) is -3.55. The van der Waals surface area contributed by atoms with E-state index < -0.39 is 28.4 Å². The van der Waals surface area contributed by atoms with Gasteiger partial charge in [-0.2, -0.15) is 13.2 Å². The van der Waals surface area contributed by atoms with Crippen LogP contribution in [0.3, 0.4) is 0 Å². The van der Waals surface area contributed by atoms with Crippen molar-refractivity contribution in [2.75, 3.05) is 24.2 Å². The van der Waals surface area contributed by atoms with Crippen molar-refractivity contribution >= 4 is 26.0 Å². The minimum absolute atomic E-state index is 0.278. The molecule has 0 aromatic carbocycles. The summed E-state index contributed by atoms with van der Waals surface area (Å²) in [6.07, 6.45) is -5.73. The Kier molecular flexibility index (Phi) is 6.88. The maximum Gasteiger partial charge on any atom is 0.389 e. The first-order chi connectivity index (χ1) is 7.23. The molecule has 0 aromatic heterocycles. The summed E-state index contributed by atoms with van der Waals surface area (Å²) in [5.74, 6) is -0.451. The van der Waals surface area contributed by atoms with Gasteiger partial charge in [0.05, 0.1) is 5.75 Å². The molecule has 3 nitrogen and oxygen atoms in total. The largest absolute Gasteiger partial charge is 0.389 e. The zero-order chi connectivity index (χ0) is 12.8. The van der Waals surface area contributed by atoms with Crippen LogP contribution in [0.2, 0.25) is 0 Å². The number of sulfonamides is 1. The smallest absolute Gasteiger partial charge is 0.212 e. The molecule has 0 spiro atoms. The first kappa shape index (κ1) is 16.2. The maximum atomic E-state index is 11.8. The average molecular weight is 326 g/mol. The Balaban J connectivity index is 4.23. The van der Waals surface area contributed by atoms with Gasteiger partial charge in [0.2, 0.25) is 10.0 Å². The molecule has 0 atom stereocenters.